The van der Waals surface area contributed by atoms with E-state index in [1.54, 1.807) is 13.2 Å². The van der Waals surface area contributed by atoms with E-state index in [4.69, 9.17) is 9.47 Å². The van der Waals surface area contributed by atoms with Crippen molar-refractivity contribution in [2.75, 3.05) is 7.11 Å². The van der Waals surface area contributed by atoms with E-state index in [9.17, 15) is 10.1 Å². The molecule has 0 saturated carbocycles. The standard InChI is InChI=1S/C32H30N2O3/c1-22-17-27(18-28(19-33)32(35)34-20-24-9-13-29(36-3)14-10-24)23(2)31(22)26-11-15-30(16-12-26)37-21-25-7-5-4-6-8-25/h4-18,31H,20-21H2,1-3H3,(H,34,35)/b28-18-/t31-/m0/s1. The predicted octanol–water partition coefficient (Wildman–Crippen LogP) is 6.40. The second-order valence-corrected chi connectivity index (χ2v) is 9.00. The van der Waals surface area contributed by atoms with E-state index in [0.717, 1.165) is 44.9 Å². The van der Waals surface area contributed by atoms with Crippen molar-refractivity contribution in [1.29, 1.82) is 5.26 Å². The zero-order chi connectivity index (χ0) is 26.2. The zero-order valence-corrected chi connectivity index (χ0v) is 21.3. The Morgan fingerprint density at radius 3 is 2.27 bits per heavy atom. The minimum Gasteiger partial charge on any atom is -0.497 e. The Labute approximate surface area is 218 Å². The van der Waals surface area contributed by atoms with Crippen LogP contribution in [-0.4, -0.2) is 13.0 Å². The molecule has 0 fully saturated rings. The molecule has 0 radical (unpaired) electrons. The molecule has 5 heteroatoms. The molecule has 0 heterocycles. The molecule has 1 aliphatic rings. The van der Waals surface area contributed by atoms with Gasteiger partial charge in [-0.1, -0.05) is 71.8 Å². The number of carbonyl (C=O) groups is 1. The largest absolute Gasteiger partial charge is 0.497 e. The number of allylic oxidation sites excluding steroid dienone is 5. The number of amides is 1. The number of hydrogen-bond acceptors (Lipinski definition) is 4. The Balaban J connectivity index is 1.43. The molecule has 0 aliphatic heterocycles. The first-order valence-electron chi connectivity index (χ1n) is 12.2. The Hall–Kier alpha value is -4.56. The Morgan fingerprint density at radius 2 is 1.62 bits per heavy atom. The summed E-state index contributed by atoms with van der Waals surface area (Å²) in [5.41, 5.74) is 6.43. The van der Waals surface area contributed by atoms with Crippen LogP contribution in [0.5, 0.6) is 11.5 Å². The van der Waals surface area contributed by atoms with Gasteiger partial charge >= 0.3 is 0 Å². The van der Waals surface area contributed by atoms with Gasteiger partial charge in [0.25, 0.3) is 5.91 Å². The number of nitrogens with one attached hydrogen (secondary N) is 1. The maximum absolute atomic E-state index is 12.7. The molecule has 0 bridgehead atoms. The number of rotatable bonds is 9. The number of nitriles is 1. The lowest BCUT2D eigenvalue weighted by atomic mass is 9.89. The van der Waals surface area contributed by atoms with Crippen LogP contribution < -0.4 is 14.8 Å². The molecular weight excluding hydrogens is 460 g/mol. The van der Waals surface area contributed by atoms with Gasteiger partial charge in [-0.25, -0.2) is 0 Å². The fraction of sp³-hybridized carbons (Fsp3) is 0.188. The highest BCUT2D eigenvalue weighted by Crippen LogP contribution is 2.40. The summed E-state index contributed by atoms with van der Waals surface area (Å²) in [4.78, 5) is 12.7. The summed E-state index contributed by atoms with van der Waals surface area (Å²) in [5, 5.41) is 12.5. The summed E-state index contributed by atoms with van der Waals surface area (Å²) in [7, 11) is 1.61. The zero-order valence-electron chi connectivity index (χ0n) is 21.3. The highest BCUT2D eigenvalue weighted by molar-refractivity contribution is 5.98. The number of benzene rings is 3. The first-order valence-corrected chi connectivity index (χ1v) is 12.2. The second kappa shape index (κ2) is 11.9. The van der Waals surface area contributed by atoms with Gasteiger partial charge < -0.3 is 14.8 Å². The van der Waals surface area contributed by atoms with Crippen molar-refractivity contribution in [2.24, 2.45) is 0 Å². The molecule has 0 aromatic heterocycles. The van der Waals surface area contributed by atoms with E-state index in [2.05, 4.69) is 30.4 Å². The molecule has 1 aliphatic carbocycles. The quantitative estimate of drug-likeness (QED) is 0.278. The molecule has 4 rings (SSSR count). The van der Waals surface area contributed by atoms with Crippen LogP contribution in [0.4, 0.5) is 0 Å². The van der Waals surface area contributed by atoms with Gasteiger partial charge in [0.05, 0.1) is 7.11 Å². The number of nitrogens with zero attached hydrogens (tertiary/aromatic N) is 1. The highest BCUT2D eigenvalue weighted by Gasteiger charge is 2.24. The molecule has 3 aromatic rings. The monoisotopic (exact) mass is 490 g/mol. The van der Waals surface area contributed by atoms with Crippen molar-refractivity contribution in [3.8, 4) is 17.6 Å². The van der Waals surface area contributed by atoms with Crippen molar-refractivity contribution >= 4 is 5.91 Å². The Kier molecular flexibility index (Phi) is 8.22. The van der Waals surface area contributed by atoms with Gasteiger partial charge in [-0.2, -0.15) is 5.26 Å². The molecule has 3 aromatic carbocycles. The molecule has 0 unspecified atom stereocenters. The summed E-state index contributed by atoms with van der Waals surface area (Å²) in [6.07, 6.45) is 3.73. The minimum absolute atomic E-state index is 0.0808. The number of ether oxygens (including phenoxy) is 2. The molecule has 0 spiro atoms. The summed E-state index contributed by atoms with van der Waals surface area (Å²) in [6.45, 7) is 4.97. The van der Waals surface area contributed by atoms with E-state index in [-0.39, 0.29) is 11.5 Å². The van der Waals surface area contributed by atoms with Gasteiger partial charge in [0.15, 0.2) is 0 Å². The topological polar surface area (TPSA) is 71.3 Å². The molecular formula is C32H30N2O3. The number of carbonyl (C=O) groups excluding carboxylic acids is 1. The molecule has 1 atom stereocenters. The molecule has 1 N–H and O–H groups in total. The summed E-state index contributed by atoms with van der Waals surface area (Å²) < 4.78 is 11.1. The third-order valence-electron chi connectivity index (χ3n) is 6.47. The third-order valence-corrected chi connectivity index (χ3v) is 6.47. The van der Waals surface area contributed by atoms with E-state index in [0.29, 0.717) is 13.2 Å². The van der Waals surface area contributed by atoms with Gasteiger partial charge in [-0.05, 0) is 66.5 Å². The van der Waals surface area contributed by atoms with Crippen molar-refractivity contribution < 1.29 is 14.3 Å². The molecule has 37 heavy (non-hydrogen) atoms. The summed E-state index contributed by atoms with van der Waals surface area (Å²) >= 11 is 0. The minimum atomic E-state index is -0.395. The van der Waals surface area contributed by atoms with E-state index in [1.807, 2.05) is 79.7 Å². The lowest BCUT2D eigenvalue weighted by Gasteiger charge is -2.16. The van der Waals surface area contributed by atoms with Crippen LogP contribution in [0.1, 0.15) is 36.5 Å². The number of hydrogen-bond donors (Lipinski definition) is 1. The normalized spacial score (nSPS) is 15.1. The fourth-order valence-electron chi connectivity index (χ4n) is 4.44. The van der Waals surface area contributed by atoms with Gasteiger partial charge in [-0.15, -0.1) is 0 Å². The molecule has 186 valence electrons. The lowest BCUT2D eigenvalue weighted by molar-refractivity contribution is -0.117. The van der Waals surface area contributed by atoms with Crippen LogP contribution >= 0.6 is 0 Å². The average molecular weight is 491 g/mol. The summed E-state index contributed by atoms with van der Waals surface area (Å²) in [5.74, 6) is 1.27. The van der Waals surface area contributed by atoms with Crippen molar-refractivity contribution in [2.45, 2.75) is 32.9 Å². The van der Waals surface area contributed by atoms with Crippen molar-refractivity contribution in [1.82, 2.24) is 5.32 Å². The van der Waals surface area contributed by atoms with Gasteiger partial charge in [0, 0.05) is 12.5 Å². The van der Waals surface area contributed by atoms with E-state index < -0.39 is 5.91 Å². The van der Waals surface area contributed by atoms with Crippen molar-refractivity contribution in [3.63, 3.8) is 0 Å². The second-order valence-electron chi connectivity index (χ2n) is 9.00. The molecule has 0 saturated heterocycles. The van der Waals surface area contributed by atoms with Crippen LogP contribution in [0.15, 0.2) is 113 Å². The first-order chi connectivity index (χ1) is 18.0. The smallest absolute Gasteiger partial charge is 0.262 e. The Morgan fingerprint density at radius 1 is 0.946 bits per heavy atom. The van der Waals surface area contributed by atoms with E-state index >= 15 is 0 Å². The fourth-order valence-corrected chi connectivity index (χ4v) is 4.44. The van der Waals surface area contributed by atoms with Crippen LogP contribution in [0.25, 0.3) is 0 Å². The SMILES string of the molecule is COc1ccc(CNC(=O)/C(C#N)=C\C2=C(C)[C@@H](c3ccc(OCc4ccccc4)cc3)C(C)=C2)cc1. The maximum atomic E-state index is 12.7. The summed E-state index contributed by atoms with van der Waals surface area (Å²) in [6, 6.07) is 27.7. The van der Waals surface area contributed by atoms with Crippen LogP contribution in [0, 0.1) is 11.3 Å². The highest BCUT2D eigenvalue weighted by atomic mass is 16.5. The van der Waals surface area contributed by atoms with E-state index in [1.165, 1.54) is 0 Å². The van der Waals surface area contributed by atoms with Gasteiger partial charge in [0.1, 0.15) is 29.7 Å². The van der Waals surface area contributed by atoms with Crippen molar-refractivity contribution in [3.05, 3.63) is 130 Å². The lowest BCUT2D eigenvalue weighted by Crippen LogP contribution is -2.24. The van der Waals surface area contributed by atoms with Gasteiger partial charge in [-0.3, -0.25) is 4.79 Å². The Bertz CT molecular complexity index is 1380. The number of methoxy groups -OCH3 is 1. The maximum Gasteiger partial charge on any atom is 0.262 e. The van der Waals surface area contributed by atoms with Gasteiger partial charge in [0.2, 0.25) is 0 Å². The molecule has 5 nitrogen and oxygen atoms in total. The average Bonchev–Trinajstić information content (AvgIpc) is 3.22. The van der Waals surface area contributed by atoms with Crippen LogP contribution in [-0.2, 0) is 17.9 Å². The van der Waals surface area contributed by atoms with Crippen LogP contribution in [0.2, 0.25) is 0 Å². The predicted molar refractivity (Wildman–Crippen MR) is 145 cm³/mol. The third kappa shape index (κ3) is 6.36. The first kappa shape index (κ1) is 25.5. The molecule has 1 amide bonds. The van der Waals surface area contributed by atoms with Crippen LogP contribution in [0.3, 0.4) is 0 Å².